The van der Waals surface area contributed by atoms with Crippen molar-refractivity contribution in [1.29, 1.82) is 0 Å². The Morgan fingerprint density at radius 3 is 0.600 bits per heavy atom. The number of unbranched alkanes of at least 4 members (excludes halogenated alkanes) is 10. The molecule has 0 aliphatic rings. The highest BCUT2D eigenvalue weighted by Crippen LogP contribution is 2.11. The van der Waals surface area contributed by atoms with Crippen LogP contribution in [0.25, 0.3) is 0 Å². The van der Waals surface area contributed by atoms with Gasteiger partial charge in [-0.05, 0) is 6.42 Å². The van der Waals surface area contributed by atoms with E-state index in [-0.39, 0.29) is 26.1 Å². The maximum Gasteiger partial charge on any atom is 0.306 e. The van der Waals surface area contributed by atoms with Gasteiger partial charge in [-0.1, -0.05) is 71.1 Å². The van der Waals surface area contributed by atoms with Gasteiger partial charge in [-0.2, -0.15) is 0 Å². The molecular formula is C53H104O22. The maximum atomic E-state index is 11.3. The second-order valence-corrected chi connectivity index (χ2v) is 16.7. The molecule has 448 valence electrons. The zero-order valence-corrected chi connectivity index (χ0v) is 46.4. The van der Waals surface area contributed by atoms with Crippen LogP contribution in [0.15, 0.2) is 0 Å². The standard InChI is InChI=1S/C53H104O22/c1-2-3-4-5-6-7-8-9-10-11-12-15-57-16-17-58-18-19-59-20-21-60-22-23-61-24-25-62-26-27-63-28-29-64-30-31-65-32-33-66-34-35-67-36-37-68-38-39-69-40-41-70-42-43-71-44-45-72-46-47-73-48-49-74-50-51-75-53(56)14-13-52(54)55/h2-51H2,1H3,(H,54,55). The van der Waals surface area contributed by atoms with Gasteiger partial charge in [0, 0.05) is 6.61 Å². The first-order valence-corrected chi connectivity index (χ1v) is 27.9. The minimum atomic E-state index is -1.04. The van der Waals surface area contributed by atoms with E-state index in [9.17, 15) is 9.59 Å². The van der Waals surface area contributed by atoms with Gasteiger partial charge in [0.05, 0.1) is 244 Å². The van der Waals surface area contributed by atoms with Crippen molar-refractivity contribution in [3.63, 3.8) is 0 Å². The van der Waals surface area contributed by atoms with E-state index in [2.05, 4.69) is 6.92 Å². The van der Waals surface area contributed by atoms with Crippen LogP contribution in [-0.4, -0.2) is 261 Å². The zero-order chi connectivity index (χ0) is 53.9. The number of carboxylic acid groups (broad SMARTS) is 1. The van der Waals surface area contributed by atoms with Crippen molar-refractivity contribution >= 4 is 11.9 Å². The van der Waals surface area contributed by atoms with E-state index < -0.39 is 11.9 Å². The summed E-state index contributed by atoms with van der Waals surface area (Å²) in [5.41, 5.74) is 0. The van der Waals surface area contributed by atoms with Crippen LogP contribution in [0.2, 0.25) is 0 Å². The van der Waals surface area contributed by atoms with Crippen LogP contribution in [0, 0.1) is 0 Å². The number of esters is 1. The summed E-state index contributed by atoms with van der Waals surface area (Å²) in [6.45, 7) is 19.9. The number of carbonyl (C=O) groups is 2. The number of hydrogen-bond donors (Lipinski definition) is 1. The Hall–Kier alpha value is -1.78. The molecule has 22 heteroatoms. The number of hydrogen-bond acceptors (Lipinski definition) is 21. The van der Waals surface area contributed by atoms with Gasteiger partial charge in [0.1, 0.15) is 6.61 Å². The van der Waals surface area contributed by atoms with Gasteiger partial charge in [0.2, 0.25) is 0 Å². The fourth-order valence-corrected chi connectivity index (χ4v) is 6.20. The monoisotopic (exact) mass is 1090 g/mol. The molecule has 0 saturated carbocycles. The van der Waals surface area contributed by atoms with Crippen LogP contribution in [0.4, 0.5) is 0 Å². The Morgan fingerprint density at radius 1 is 0.227 bits per heavy atom. The molecule has 0 bridgehead atoms. The fraction of sp³-hybridized carbons (Fsp3) is 0.962. The van der Waals surface area contributed by atoms with Crippen molar-refractivity contribution in [3.05, 3.63) is 0 Å². The highest BCUT2D eigenvalue weighted by Gasteiger charge is 2.06. The number of carboxylic acids is 1. The third-order valence-corrected chi connectivity index (χ3v) is 10.3. The normalized spacial score (nSPS) is 11.6. The first-order valence-electron chi connectivity index (χ1n) is 27.9. The lowest BCUT2D eigenvalue weighted by Crippen LogP contribution is -2.16. The van der Waals surface area contributed by atoms with Crippen molar-refractivity contribution in [1.82, 2.24) is 0 Å². The number of ether oxygens (including phenoxy) is 19. The van der Waals surface area contributed by atoms with E-state index in [0.717, 1.165) is 13.0 Å². The predicted octanol–water partition coefficient (Wildman–Crippen LogP) is 5.00. The number of rotatable bonds is 69. The fourth-order valence-electron chi connectivity index (χ4n) is 6.20. The molecule has 0 heterocycles. The Bertz CT molecular complexity index is 1080. The van der Waals surface area contributed by atoms with Crippen molar-refractivity contribution in [2.45, 2.75) is 90.4 Å². The first-order chi connectivity index (χ1) is 37.2. The lowest BCUT2D eigenvalue weighted by atomic mass is 10.1. The quantitative estimate of drug-likeness (QED) is 0.0624. The third kappa shape index (κ3) is 70.2. The van der Waals surface area contributed by atoms with Gasteiger partial charge in [0.15, 0.2) is 0 Å². The average Bonchev–Trinajstić information content (AvgIpc) is 3.41. The van der Waals surface area contributed by atoms with Crippen LogP contribution in [0.1, 0.15) is 90.4 Å². The predicted molar refractivity (Wildman–Crippen MR) is 279 cm³/mol. The lowest BCUT2D eigenvalue weighted by Gasteiger charge is -2.09. The van der Waals surface area contributed by atoms with Gasteiger partial charge in [-0.15, -0.1) is 0 Å². The largest absolute Gasteiger partial charge is 0.481 e. The minimum absolute atomic E-state index is 0.0754. The van der Waals surface area contributed by atoms with Crippen LogP contribution in [0.5, 0.6) is 0 Å². The van der Waals surface area contributed by atoms with E-state index in [4.69, 9.17) is 95.1 Å². The summed E-state index contributed by atoms with van der Waals surface area (Å²) in [5, 5.41) is 8.52. The molecule has 0 radical (unpaired) electrons. The molecule has 0 atom stereocenters. The molecule has 0 aliphatic heterocycles. The highest BCUT2D eigenvalue weighted by molar-refractivity contribution is 5.76. The van der Waals surface area contributed by atoms with Crippen LogP contribution in [0.3, 0.4) is 0 Å². The van der Waals surface area contributed by atoms with E-state index >= 15 is 0 Å². The van der Waals surface area contributed by atoms with E-state index in [1.54, 1.807) is 0 Å². The van der Waals surface area contributed by atoms with Gasteiger partial charge in [0.25, 0.3) is 0 Å². The topological polar surface area (TPSA) is 230 Å². The van der Waals surface area contributed by atoms with Crippen molar-refractivity contribution in [2.24, 2.45) is 0 Å². The molecule has 0 aromatic heterocycles. The van der Waals surface area contributed by atoms with Gasteiger partial charge < -0.3 is 95.1 Å². The molecule has 0 amide bonds. The second kappa shape index (κ2) is 68.3. The Morgan fingerprint density at radius 2 is 0.400 bits per heavy atom. The van der Waals surface area contributed by atoms with E-state index in [1.165, 1.54) is 64.2 Å². The molecule has 22 nitrogen and oxygen atoms in total. The summed E-state index contributed by atoms with van der Waals surface area (Å²) in [4.78, 5) is 21.7. The Kier molecular flexibility index (Phi) is 66.7. The van der Waals surface area contributed by atoms with Crippen molar-refractivity contribution in [3.8, 4) is 0 Å². The number of carbonyl (C=O) groups excluding carboxylic acids is 1. The summed E-state index contributed by atoms with van der Waals surface area (Å²) in [6, 6.07) is 0. The lowest BCUT2D eigenvalue weighted by molar-refractivity contribution is -0.149. The van der Waals surface area contributed by atoms with Crippen LogP contribution in [-0.2, 0) is 99.6 Å². The zero-order valence-electron chi connectivity index (χ0n) is 46.4. The van der Waals surface area contributed by atoms with Gasteiger partial charge in [-0.3, -0.25) is 9.59 Å². The minimum Gasteiger partial charge on any atom is -0.481 e. The summed E-state index contributed by atoms with van der Waals surface area (Å²) < 4.78 is 104. The average molecular weight is 1090 g/mol. The molecule has 75 heavy (non-hydrogen) atoms. The van der Waals surface area contributed by atoms with Gasteiger partial charge >= 0.3 is 11.9 Å². The van der Waals surface area contributed by atoms with E-state index in [1.807, 2.05) is 0 Å². The molecule has 0 unspecified atom stereocenters. The van der Waals surface area contributed by atoms with Crippen LogP contribution < -0.4 is 0 Å². The van der Waals surface area contributed by atoms with E-state index in [0.29, 0.717) is 225 Å². The molecule has 0 rings (SSSR count). The summed E-state index contributed by atoms with van der Waals surface area (Å²) >= 11 is 0. The summed E-state index contributed by atoms with van der Waals surface area (Å²) in [6.07, 6.45) is 14.4. The van der Waals surface area contributed by atoms with Crippen molar-refractivity contribution in [2.75, 3.05) is 244 Å². The second-order valence-electron chi connectivity index (χ2n) is 16.7. The molecule has 1 N–H and O–H groups in total. The summed E-state index contributed by atoms with van der Waals surface area (Å²) in [5.74, 6) is -1.60. The molecule has 0 saturated heterocycles. The molecular weight excluding hydrogens is 989 g/mol. The summed E-state index contributed by atoms with van der Waals surface area (Å²) in [7, 11) is 0. The Balaban J connectivity index is 3.09. The molecule has 0 aromatic carbocycles. The first kappa shape index (κ1) is 73.2. The van der Waals surface area contributed by atoms with Crippen molar-refractivity contribution < 1.29 is 105 Å². The van der Waals surface area contributed by atoms with Crippen LogP contribution >= 0.6 is 0 Å². The molecule has 0 aromatic rings. The smallest absolute Gasteiger partial charge is 0.306 e. The molecule has 0 spiro atoms. The maximum absolute atomic E-state index is 11.3. The SMILES string of the molecule is CCCCCCCCCCCCCOCCOCCOCCOCCOCCOCCOCCOCCOCCOCCOCCOCCOCCOCCOCCOCCOCCOCCOC(=O)CCC(=O)O. The molecule has 0 fully saturated rings. The number of aliphatic carboxylic acids is 1. The highest BCUT2D eigenvalue weighted by atomic mass is 16.6. The third-order valence-electron chi connectivity index (χ3n) is 10.3. The van der Waals surface area contributed by atoms with Gasteiger partial charge in [-0.25, -0.2) is 0 Å². The Labute approximate surface area is 450 Å². The molecule has 0 aliphatic carbocycles.